The fraction of sp³-hybridized carbons (Fsp3) is 0.412. The molecule has 118 valence electrons. The zero-order valence-electron chi connectivity index (χ0n) is 13.2. The minimum atomic E-state index is -0.448. The summed E-state index contributed by atoms with van der Waals surface area (Å²) < 4.78 is 10.2. The summed E-state index contributed by atoms with van der Waals surface area (Å²) in [6, 6.07) is 7.43. The van der Waals surface area contributed by atoms with Crippen LogP contribution in [0, 0.1) is 5.92 Å². The van der Waals surface area contributed by atoms with Gasteiger partial charge in [-0.3, -0.25) is 4.79 Å². The summed E-state index contributed by atoms with van der Waals surface area (Å²) in [6.45, 7) is 4.25. The minimum Gasteiger partial charge on any atom is -0.497 e. The molecule has 1 atom stereocenters. The lowest BCUT2D eigenvalue weighted by molar-refractivity contribution is -0.146. The number of allylic oxidation sites excluding steroid dienone is 1. The number of esters is 1. The van der Waals surface area contributed by atoms with Gasteiger partial charge in [-0.1, -0.05) is 25.1 Å². The van der Waals surface area contributed by atoms with Crippen molar-refractivity contribution in [1.82, 2.24) is 4.90 Å². The van der Waals surface area contributed by atoms with E-state index in [1.807, 2.05) is 31.2 Å². The van der Waals surface area contributed by atoms with Crippen molar-refractivity contribution in [2.24, 2.45) is 5.92 Å². The smallest absolute Gasteiger partial charge is 0.354 e. The van der Waals surface area contributed by atoms with E-state index < -0.39 is 5.97 Å². The van der Waals surface area contributed by atoms with Crippen molar-refractivity contribution < 1.29 is 19.1 Å². The molecule has 0 N–H and O–H groups in total. The van der Waals surface area contributed by atoms with Crippen molar-refractivity contribution in [3.05, 3.63) is 41.6 Å². The van der Waals surface area contributed by atoms with E-state index in [2.05, 4.69) is 0 Å². The summed E-state index contributed by atoms with van der Waals surface area (Å²) in [6.07, 6.45) is 2.35. The Labute approximate surface area is 130 Å². The predicted octanol–water partition coefficient (Wildman–Crippen LogP) is 2.51. The van der Waals surface area contributed by atoms with Crippen molar-refractivity contribution in [3.63, 3.8) is 0 Å². The average molecular weight is 303 g/mol. The van der Waals surface area contributed by atoms with Crippen molar-refractivity contribution in [2.75, 3.05) is 13.7 Å². The van der Waals surface area contributed by atoms with Gasteiger partial charge in [0.1, 0.15) is 11.4 Å². The lowest BCUT2D eigenvalue weighted by atomic mass is 9.99. The Morgan fingerprint density at radius 1 is 1.32 bits per heavy atom. The number of benzene rings is 1. The standard InChI is InChI=1S/C17H21NO4/c1-4-22-17(20)15-10-5-12(2)16(19)18(15)11-13-6-8-14(21-3)9-7-13/h6-10,12H,4-5,11H2,1-3H3. The fourth-order valence-corrected chi connectivity index (χ4v) is 2.36. The number of hydrogen-bond acceptors (Lipinski definition) is 4. The lowest BCUT2D eigenvalue weighted by Crippen LogP contribution is -2.40. The van der Waals surface area contributed by atoms with Crippen molar-refractivity contribution in [1.29, 1.82) is 0 Å². The quantitative estimate of drug-likeness (QED) is 0.784. The van der Waals surface area contributed by atoms with E-state index in [9.17, 15) is 9.59 Å². The molecule has 0 bridgehead atoms. The van der Waals surface area contributed by atoms with Gasteiger partial charge in [0.05, 0.1) is 20.3 Å². The van der Waals surface area contributed by atoms with Crippen molar-refractivity contribution in [3.8, 4) is 5.75 Å². The normalized spacial score (nSPS) is 18.0. The lowest BCUT2D eigenvalue weighted by Gasteiger charge is -2.30. The highest BCUT2D eigenvalue weighted by atomic mass is 16.5. The third-order valence-electron chi connectivity index (χ3n) is 3.63. The van der Waals surface area contributed by atoms with E-state index in [1.54, 1.807) is 20.1 Å². The number of methoxy groups -OCH3 is 1. The fourth-order valence-electron chi connectivity index (χ4n) is 2.36. The maximum absolute atomic E-state index is 12.4. The molecule has 0 aliphatic carbocycles. The topological polar surface area (TPSA) is 55.8 Å². The summed E-state index contributed by atoms with van der Waals surface area (Å²) in [5, 5.41) is 0. The molecule has 1 unspecified atom stereocenters. The van der Waals surface area contributed by atoms with Gasteiger partial charge in [0.25, 0.3) is 0 Å². The zero-order chi connectivity index (χ0) is 16.1. The molecule has 22 heavy (non-hydrogen) atoms. The second-order valence-electron chi connectivity index (χ2n) is 5.22. The molecule has 0 radical (unpaired) electrons. The second-order valence-corrected chi connectivity index (χ2v) is 5.22. The Balaban J connectivity index is 2.22. The summed E-state index contributed by atoms with van der Waals surface area (Å²) in [5.41, 5.74) is 1.26. The number of carbonyl (C=O) groups excluding carboxylic acids is 2. The van der Waals surface area contributed by atoms with Crippen LogP contribution < -0.4 is 4.74 Å². The van der Waals surface area contributed by atoms with Gasteiger partial charge in [-0.25, -0.2) is 4.79 Å². The number of hydrogen-bond donors (Lipinski definition) is 0. The molecule has 1 amide bonds. The second kappa shape index (κ2) is 7.11. The van der Waals surface area contributed by atoms with Crippen molar-refractivity contribution >= 4 is 11.9 Å². The largest absolute Gasteiger partial charge is 0.497 e. The van der Waals surface area contributed by atoms with Crippen LogP contribution in [0.1, 0.15) is 25.8 Å². The van der Waals surface area contributed by atoms with E-state index in [4.69, 9.17) is 9.47 Å². The maximum atomic E-state index is 12.4. The third-order valence-corrected chi connectivity index (χ3v) is 3.63. The van der Waals surface area contributed by atoms with Crippen LogP contribution in [0.15, 0.2) is 36.0 Å². The first-order valence-electron chi connectivity index (χ1n) is 7.38. The van der Waals surface area contributed by atoms with Crippen LogP contribution in [0.3, 0.4) is 0 Å². The van der Waals surface area contributed by atoms with Gasteiger partial charge in [0.15, 0.2) is 0 Å². The van der Waals surface area contributed by atoms with Gasteiger partial charge < -0.3 is 14.4 Å². The van der Waals surface area contributed by atoms with Crippen LogP contribution in [0.25, 0.3) is 0 Å². The molecule has 0 fully saturated rings. The number of rotatable bonds is 5. The highest BCUT2D eigenvalue weighted by molar-refractivity contribution is 5.95. The van der Waals surface area contributed by atoms with E-state index in [-0.39, 0.29) is 18.4 Å². The molecule has 0 saturated carbocycles. The van der Waals surface area contributed by atoms with Crippen LogP contribution >= 0.6 is 0 Å². The van der Waals surface area contributed by atoms with Crippen LogP contribution in [-0.2, 0) is 20.9 Å². The van der Waals surface area contributed by atoms with Crippen LogP contribution in [0.4, 0.5) is 0 Å². The Kier molecular flexibility index (Phi) is 5.20. The molecule has 0 spiro atoms. The Bertz CT molecular complexity index is 577. The molecule has 1 heterocycles. The molecule has 1 aliphatic rings. The molecular formula is C17H21NO4. The first kappa shape index (κ1) is 16.1. The number of ether oxygens (including phenoxy) is 2. The van der Waals surface area contributed by atoms with Crippen LogP contribution in [-0.4, -0.2) is 30.5 Å². The van der Waals surface area contributed by atoms with Gasteiger partial charge in [0, 0.05) is 5.92 Å². The molecule has 1 aliphatic heterocycles. The Morgan fingerprint density at radius 3 is 2.59 bits per heavy atom. The SMILES string of the molecule is CCOC(=O)C1=CCC(C)C(=O)N1Cc1ccc(OC)cc1. The monoisotopic (exact) mass is 303 g/mol. The highest BCUT2D eigenvalue weighted by Crippen LogP contribution is 2.25. The van der Waals surface area contributed by atoms with Crippen molar-refractivity contribution in [2.45, 2.75) is 26.8 Å². The molecule has 1 aromatic rings. The Morgan fingerprint density at radius 2 is 2.00 bits per heavy atom. The van der Waals surface area contributed by atoms with Crippen LogP contribution in [0.2, 0.25) is 0 Å². The molecule has 0 saturated heterocycles. The van der Waals surface area contributed by atoms with Crippen LogP contribution in [0.5, 0.6) is 5.75 Å². The maximum Gasteiger partial charge on any atom is 0.354 e. The summed E-state index contributed by atoms with van der Waals surface area (Å²) in [7, 11) is 1.60. The van der Waals surface area contributed by atoms with Gasteiger partial charge in [-0.2, -0.15) is 0 Å². The summed E-state index contributed by atoms with van der Waals surface area (Å²) in [5.74, 6) is 0.123. The van der Waals surface area contributed by atoms with E-state index >= 15 is 0 Å². The summed E-state index contributed by atoms with van der Waals surface area (Å²) >= 11 is 0. The minimum absolute atomic E-state index is 0.0543. The van der Waals surface area contributed by atoms with Gasteiger partial charge in [-0.05, 0) is 31.0 Å². The molecule has 5 nitrogen and oxygen atoms in total. The zero-order valence-corrected chi connectivity index (χ0v) is 13.2. The average Bonchev–Trinajstić information content (AvgIpc) is 2.53. The third kappa shape index (κ3) is 3.47. The van der Waals surface area contributed by atoms with E-state index in [1.165, 1.54) is 4.90 Å². The first-order chi connectivity index (χ1) is 10.6. The highest BCUT2D eigenvalue weighted by Gasteiger charge is 2.31. The molecule has 2 rings (SSSR count). The molecular weight excluding hydrogens is 282 g/mol. The van der Waals surface area contributed by atoms with Gasteiger partial charge in [-0.15, -0.1) is 0 Å². The summed E-state index contributed by atoms with van der Waals surface area (Å²) in [4.78, 5) is 26.0. The predicted molar refractivity (Wildman–Crippen MR) is 82.0 cm³/mol. The Hall–Kier alpha value is -2.30. The number of amides is 1. The molecule has 5 heteroatoms. The first-order valence-corrected chi connectivity index (χ1v) is 7.38. The van der Waals surface area contributed by atoms with Gasteiger partial charge in [0.2, 0.25) is 5.91 Å². The number of carbonyl (C=O) groups is 2. The van der Waals surface area contributed by atoms with Gasteiger partial charge >= 0.3 is 5.97 Å². The molecule has 0 aromatic heterocycles. The molecule has 1 aromatic carbocycles. The van der Waals surface area contributed by atoms with E-state index in [0.29, 0.717) is 18.7 Å². The number of nitrogens with zero attached hydrogens (tertiary/aromatic N) is 1. The van der Waals surface area contributed by atoms with E-state index in [0.717, 1.165) is 11.3 Å².